The summed E-state index contributed by atoms with van der Waals surface area (Å²) in [6.45, 7) is 15.0. The van der Waals surface area contributed by atoms with Gasteiger partial charge in [0, 0.05) is 0 Å². The predicted molar refractivity (Wildman–Crippen MR) is 130 cm³/mol. The maximum atomic E-state index is 10.2. The van der Waals surface area contributed by atoms with E-state index in [1.165, 1.54) is 57.8 Å². The molecule has 0 radical (unpaired) electrons. The number of fused-ring (bicyclic) bond motifs is 5. The van der Waals surface area contributed by atoms with E-state index in [1.807, 2.05) is 0 Å². The molecule has 0 saturated heterocycles. The topological polar surface area (TPSA) is 20.2 Å². The van der Waals surface area contributed by atoms with Crippen molar-refractivity contribution in [2.45, 2.75) is 126 Å². The average Bonchev–Trinajstić information content (AvgIpc) is 2.98. The highest BCUT2D eigenvalue weighted by Crippen LogP contribution is 2.67. The van der Waals surface area contributed by atoms with Crippen LogP contribution >= 0.6 is 0 Å². The molecule has 1 nitrogen and oxygen atoms in total. The highest BCUT2D eigenvalue weighted by Gasteiger charge is 2.59. The van der Waals surface area contributed by atoms with Crippen LogP contribution < -0.4 is 0 Å². The molecule has 3 fully saturated rings. The summed E-state index contributed by atoms with van der Waals surface area (Å²) in [6.07, 6.45) is 17.1. The molecule has 3 unspecified atom stereocenters. The summed E-state index contributed by atoms with van der Waals surface area (Å²) in [5.74, 6) is 4.56. The first kappa shape index (κ1) is 24.3. The molecule has 0 aromatic heterocycles. The first-order chi connectivity index (χ1) is 13.5. The molecule has 4 rings (SSSR count). The Morgan fingerprint density at radius 2 is 1.80 bits per heavy atom. The maximum absolute atomic E-state index is 10.2. The maximum Gasteiger partial charge on any atom is 0.0577 e. The molecule has 174 valence electrons. The molecule has 4 aliphatic rings. The quantitative estimate of drug-likeness (QED) is 0.456. The minimum Gasteiger partial charge on any atom is -0.393 e. The molecule has 0 heterocycles. The van der Waals surface area contributed by atoms with Crippen molar-refractivity contribution in [1.82, 2.24) is 0 Å². The van der Waals surface area contributed by atoms with Gasteiger partial charge in [-0.25, -0.2) is 0 Å². The molecular weight excluding hydrogens is 364 g/mol. The Morgan fingerprint density at radius 1 is 1.07 bits per heavy atom. The van der Waals surface area contributed by atoms with Crippen LogP contribution in [-0.2, 0) is 0 Å². The van der Waals surface area contributed by atoms with Crippen molar-refractivity contribution in [3.8, 4) is 0 Å². The third-order valence-electron chi connectivity index (χ3n) is 10.4. The highest BCUT2D eigenvalue weighted by atomic mass is 16.3. The lowest BCUT2D eigenvalue weighted by Gasteiger charge is -2.58. The van der Waals surface area contributed by atoms with Gasteiger partial charge in [-0.3, -0.25) is 0 Å². The van der Waals surface area contributed by atoms with Gasteiger partial charge in [0.25, 0.3) is 0 Å². The molecule has 30 heavy (non-hydrogen) atoms. The van der Waals surface area contributed by atoms with E-state index in [2.05, 4.69) is 47.6 Å². The van der Waals surface area contributed by atoms with Crippen molar-refractivity contribution in [2.75, 3.05) is 0 Å². The minimum absolute atomic E-state index is 0. The lowest BCUT2D eigenvalue weighted by atomic mass is 9.47. The number of aliphatic hydroxyl groups is 1. The van der Waals surface area contributed by atoms with Crippen molar-refractivity contribution in [1.29, 1.82) is 0 Å². The van der Waals surface area contributed by atoms with E-state index < -0.39 is 0 Å². The number of hydrogen-bond acceptors (Lipinski definition) is 1. The number of aliphatic hydroxyl groups excluding tert-OH is 1. The average molecular weight is 417 g/mol. The van der Waals surface area contributed by atoms with Gasteiger partial charge in [0.05, 0.1) is 6.10 Å². The second kappa shape index (κ2) is 8.57. The van der Waals surface area contributed by atoms with Gasteiger partial charge in [0.1, 0.15) is 0 Å². The second-order valence-corrected chi connectivity index (χ2v) is 13.3. The normalized spacial score (nSPS) is 44.2. The molecule has 0 bridgehead atoms. The van der Waals surface area contributed by atoms with E-state index >= 15 is 0 Å². The van der Waals surface area contributed by atoms with Gasteiger partial charge in [-0.1, -0.05) is 73.5 Å². The standard InChI is InChI=1S/C28H48O.CH4/c1-19(8-7-15-26(2,3)4)23-11-12-24-22-10-9-20-18-21(29)13-16-27(20,5)25(22)14-17-28(23,24)6;/h9,19,21-25,29H,7-8,10-18H2,1-6H3;1H4/t19-,21+,22?,23-,24?,25?,27+,28-;/m1./s1. The van der Waals surface area contributed by atoms with Crippen LogP contribution in [0.3, 0.4) is 0 Å². The molecule has 0 aliphatic heterocycles. The summed E-state index contributed by atoms with van der Waals surface area (Å²) in [5.41, 5.74) is 3.07. The van der Waals surface area contributed by atoms with Gasteiger partial charge < -0.3 is 5.11 Å². The Hall–Kier alpha value is -0.300. The van der Waals surface area contributed by atoms with E-state index in [0.29, 0.717) is 16.2 Å². The SMILES string of the molecule is C.C[C@H](CCCC(C)(C)C)[C@H]1CCC2C3CC=C4C[C@@H](O)CC[C@]4(C)C3CC[C@@]21C. The molecule has 0 aromatic carbocycles. The van der Waals surface area contributed by atoms with E-state index in [9.17, 15) is 5.11 Å². The van der Waals surface area contributed by atoms with E-state index in [4.69, 9.17) is 0 Å². The zero-order valence-electron chi connectivity index (χ0n) is 20.3. The van der Waals surface area contributed by atoms with Crippen molar-refractivity contribution in [2.24, 2.45) is 45.8 Å². The smallest absolute Gasteiger partial charge is 0.0577 e. The third kappa shape index (κ3) is 4.18. The molecule has 0 aromatic rings. The van der Waals surface area contributed by atoms with Crippen LogP contribution in [0.1, 0.15) is 120 Å². The van der Waals surface area contributed by atoms with Crippen molar-refractivity contribution in [3.63, 3.8) is 0 Å². The van der Waals surface area contributed by atoms with Gasteiger partial charge in [0.15, 0.2) is 0 Å². The Labute approximate surface area is 188 Å². The molecule has 3 saturated carbocycles. The molecule has 0 amide bonds. The summed E-state index contributed by atoms with van der Waals surface area (Å²) in [6, 6.07) is 0. The Balaban J connectivity index is 0.00000256. The molecule has 0 spiro atoms. The third-order valence-corrected chi connectivity index (χ3v) is 10.4. The van der Waals surface area contributed by atoms with Crippen LogP contribution in [0.4, 0.5) is 0 Å². The lowest BCUT2D eigenvalue weighted by molar-refractivity contribution is -0.0573. The fraction of sp³-hybridized carbons (Fsp3) is 0.931. The molecule has 1 heteroatoms. The molecule has 1 N–H and O–H groups in total. The summed E-state index contributed by atoms with van der Waals surface area (Å²) < 4.78 is 0. The van der Waals surface area contributed by atoms with E-state index in [0.717, 1.165) is 42.4 Å². The molecular formula is C29H52O. The fourth-order valence-corrected chi connectivity index (χ4v) is 8.77. The summed E-state index contributed by atoms with van der Waals surface area (Å²) >= 11 is 0. The van der Waals surface area contributed by atoms with E-state index in [1.54, 1.807) is 5.57 Å². The van der Waals surface area contributed by atoms with Crippen LogP contribution in [0.5, 0.6) is 0 Å². The number of rotatable bonds is 4. The van der Waals surface area contributed by atoms with Crippen LogP contribution in [0.25, 0.3) is 0 Å². The molecule has 8 atom stereocenters. The monoisotopic (exact) mass is 416 g/mol. The summed E-state index contributed by atoms with van der Waals surface area (Å²) in [5, 5.41) is 10.2. The predicted octanol–water partition coefficient (Wildman–Crippen LogP) is 8.41. The van der Waals surface area contributed by atoms with Crippen LogP contribution in [0.15, 0.2) is 11.6 Å². The van der Waals surface area contributed by atoms with Crippen LogP contribution in [0, 0.1) is 45.8 Å². The highest BCUT2D eigenvalue weighted by molar-refractivity contribution is 5.25. The van der Waals surface area contributed by atoms with Crippen molar-refractivity contribution >= 4 is 0 Å². The van der Waals surface area contributed by atoms with E-state index in [-0.39, 0.29) is 13.5 Å². The van der Waals surface area contributed by atoms with Gasteiger partial charge >= 0.3 is 0 Å². The summed E-state index contributed by atoms with van der Waals surface area (Å²) in [7, 11) is 0. The number of hydrogen-bond donors (Lipinski definition) is 1. The summed E-state index contributed by atoms with van der Waals surface area (Å²) in [4.78, 5) is 0. The Bertz CT molecular complexity index is 627. The first-order valence-electron chi connectivity index (χ1n) is 12.9. The fourth-order valence-electron chi connectivity index (χ4n) is 8.77. The zero-order valence-corrected chi connectivity index (χ0v) is 20.3. The second-order valence-electron chi connectivity index (χ2n) is 13.3. The van der Waals surface area contributed by atoms with Crippen molar-refractivity contribution in [3.05, 3.63) is 11.6 Å². The van der Waals surface area contributed by atoms with Crippen molar-refractivity contribution < 1.29 is 5.11 Å². The Kier molecular flexibility index (Phi) is 6.95. The number of allylic oxidation sites excluding steroid dienone is 1. The van der Waals surface area contributed by atoms with Crippen LogP contribution in [0.2, 0.25) is 0 Å². The largest absolute Gasteiger partial charge is 0.393 e. The van der Waals surface area contributed by atoms with Gasteiger partial charge in [-0.2, -0.15) is 0 Å². The minimum atomic E-state index is -0.0791. The Morgan fingerprint density at radius 3 is 2.50 bits per heavy atom. The molecule has 4 aliphatic carbocycles. The van der Waals surface area contributed by atoms with Gasteiger partial charge in [0.2, 0.25) is 0 Å². The van der Waals surface area contributed by atoms with Gasteiger partial charge in [-0.15, -0.1) is 0 Å². The first-order valence-corrected chi connectivity index (χ1v) is 12.9. The lowest BCUT2D eigenvalue weighted by Crippen LogP contribution is -2.50. The van der Waals surface area contributed by atoms with Crippen LogP contribution in [-0.4, -0.2) is 11.2 Å². The zero-order chi connectivity index (χ0) is 21.0. The van der Waals surface area contributed by atoms with Gasteiger partial charge in [-0.05, 0) is 104 Å².